The molecular weight excluding hydrogens is 425 g/mol. The van der Waals surface area contributed by atoms with Crippen LogP contribution in [0.1, 0.15) is 5.56 Å². The molecule has 4 rings (SSSR count). The van der Waals surface area contributed by atoms with Gasteiger partial charge in [-0.2, -0.15) is 5.10 Å². The molecular formula is C24H26FN5O3. The van der Waals surface area contributed by atoms with Gasteiger partial charge in [0.15, 0.2) is 0 Å². The molecule has 1 aliphatic heterocycles. The second-order valence-corrected chi connectivity index (χ2v) is 7.70. The highest BCUT2D eigenvalue weighted by atomic mass is 19.1. The van der Waals surface area contributed by atoms with Crippen LogP contribution in [0.25, 0.3) is 0 Å². The van der Waals surface area contributed by atoms with Crippen LogP contribution in [0.15, 0.2) is 65.5 Å². The molecule has 1 saturated heterocycles. The molecule has 33 heavy (non-hydrogen) atoms. The first-order valence-electron chi connectivity index (χ1n) is 10.8. The standard InChI is InChI=1S/C24H26FN5O3/c1-33-21-9-5-4-8-20(21)28-12-14-29(15-13-28)22-10-11-24(32)30(27-22)17-23(31)26-16-18-6-2-3-7-19(18)25/h2-11H,12-17H2,1H3,(H,26,31). The summed E-state index contributed by atoms with van der Waals surface area (Å²) < 4.78 is 20.3. The summed E-state index contributed by atoms with van der Waals surface area (Å²) in [6.07, 6.45) is 0. The largest absolute Gasteiger partial charge is 0.495 e. The number of nitrogens with zero attached hydrogens (tertiary/aromatic N) is 4. The number of amides is 1. The second-order valence-electron chi connectivity index (χ2n) is 7.70. The van der Waals surface area contributed by atoms with Crippen molar-refractivity contribution in [1.29, 1.82) is 0 Å². The SMILES string of the molecule is COc1ccccc1N1CCN(c2ccc(=O)n(CC(=O)NCc3ccccc3F)n2)CC1. The van der Waals surface area contributed by atoms with E-state index in [0.29, 0.717) is 24.5 Å². The van der Waals surface area contributed by atoms with Gasteiger partial charge >= 0.3 is 0 Å². The molecule has 1 aromatic heterocycles. The minimum Gasteiger partial charge on any atom is -0.495 e. The quantitative estimate of drug-likeness (QED) is 0.592. The van der Waals surface area contributed by atoms with Crippen LogP contribution >= 0.6 is 0 Å². The fourth-order valence-corrected chi connectivity index (χ4v) is 3.82. The summed E-state index contributed by atoms with van der Waals surface area (Å²) in [6, 6.07) is 17.2. The molecule has 0 radical (unpaired) electrons. The Labute approximate surface area is 191 Å². The van der Waals surface area contributed by atoms with Crippen molar-refractivity contribution >= 4 is 17.4 Å². The highest BCUT2D eigenvalue weighted by Gasteiger charge is 2.21. The number of para-hydroxylation sites is 2. The van der Waals surface area contributed by atoms with Crippen molar-refractivity contribution in [3.8, 4) is 5.75 Å². The Bertz CT molecular complexity index is 1170. The van der Waals surface area contributed by atoms with Gasteiger partial charge in [-0.3, -0.25) is 9.59 Å². The van der Waals surface area contributed by atoms with Gasteiger partial charge in [-0.1, -0.05) is 30.3 Å². The topological polar surface area (TPSA) is 79.7 Å². The first kappa shape index (κ1) is 22.3. The molecule has 8 nitrogen and oxygen atoms in total. The van der Waals surface area contributed by atoms with Crippen LogP contribution in [0, 0.1) is 5.82 Å². The molecule has 0 spiro atoms. The zero-order valence-corrected chi connectivity index (χ0v) is 18.4. The van der Waals surface area contributed by atoms with E-state index in [0.717, 1.165) is 29.2 Å². The summed E-state index contributed by atoms with van der Waals surface area (Å²) in [7, 11) is 1.66. The Hall–Kier alpha value is -3.88. The maximum atomic E-state index is 13.7. The molecule has 2 heterocycles. The average molecular weight is 452 g/mol. The van der Waals surface area contributed by atoms with Crippen LogP contribution in [-0.2, 0) is 17.9 Å². The molecule has 0 saturated carbocycles. The number of aromatic nitrogens is 2. The van der Waals surface area contributed by atoms with E-state index >= 15 is 0 Å². The van der Waals surface area contributed by atoms with Crippen LogP contribution < -0.4 is 25.4 Å². The summed E-state index contributed by atoms with van der Waals surface area (Å²) in [6.45, 7) is 2.77. The Morgan fingerprint density at radius 2 is 1.70 bits per heavy atom. The third kappa shape index (κ3) is 5.31. The van der Waals surface area contributed by atoms with E-state index in [4.69, 9.17) is 4.74 Å². The average Bonchev–Trinajstić information content (AvgIpc) is 2.85. The minimum absolute atomic E-state index is 0.0465. The lowest BCUT2D eigenvalue weighted by atomic mass is 10.2. The Balaban J connectivity index is 1.38. The smallest absolute Gasteiger partial charge is 0.267 e. The van der Waals surface area contributed by atoms with Gasteiger partial charge in [0, 0.05) is 44.4 Å². The van der Waals surface area contributed by atoms with E-state index in [-0.39, 0.29) is 24.5 Å². The number of hydrogen-bond donors (Lipinski definition) is 1. The van der Waals surface area contributed by atoms with Crippen LogP contribution in [-0.4, -0.2) is 49.0 Å². The molecule has 9 heteroatoms. The summed E-state index contributed by atoms with van der Waals surface area (Å²) in [4.78, 5) is 28.9. The minimum atomic E-state index is -0.411. The van der Waals surface area contributed by atoms with Crippen molar-refractivity contribution < 1.29 is 13.9 Å². The van der Waals surface area contributed by atoms with Gasteiger partial charge in [-0.25, -0.2) is 9.07 Å². The number of ether oxygens (including phenoxy) is 1. The number of anilines is 2. The van der Waals surface area contributed by atoms with Gasteiger partial charge in [0.1, 0.15) is 23.9 Å². The summed E-state index contributed by atoms with van der Waals surface area (Å²) in [5.41, 5.74) is 1.06. The molecule has 1 fully saturated rings. The number of methoxy groups -OCH3 is 1. The van der Waals surface area contributed by atoms with E-state index in [2.05, 4.69) is 20.2 Å². The van der Waals surface area contributed by atoms with Gasteiger partial charge in [0.2, 0.25) is 5.91 Å². The number of halogens is 1. The number of hydrogen-bond acceptors (Lipinski definition) is 6. The maximum Gasteiger partial charge on any atom is 0.267 e. The number of benzene rings is 2. The molecule has 1 amide bonds. The van der Waals surface area contributed by atoms with Gasteiger partial charge < -0.3 is 19.9 Å². The number of carbonyl (C=O) groups excluding carboxylic acids is 1. The highest BCUT2D eigenvalue weighted by Crippen LogP contribution is 2.28. The fourth-order valence-electron chi connectivity index (χ4n) is 3.82. The van der Waals surface area contributed by atoms with Gasteiger partial charge in [-0.05, 0) is 24.3 Å². The lowest BCUT2D eigenvalue weighted by molar-refractivity contribution is -0.122. The molecule has 0 aliphatic carbocycles. The highest BCUT2D eigenvalue weighted by molar-refractivity contribution is 5.75. The van der Waals surface area contributed by atoms with E-state index in [1.165, 1.54) is 12.1 Å². The molecule has 1 N–H and O–H groups in total. The molecule has 0 bridgehead atoms. The van der Waals surface area contributed by atoms with Crippen molar-refractivity contribution in [2.24, 2.45) is 0 Å². The van der Waals surface area contributed by atoms with E-state index in [9.17, 15) is 14.0 Å². The first-order valence-corrected chi connectivity index (χ1v) is 10.8. The number of carbonyl (C=O) groups is 1. The number of piperazine rings is 1. The third-order valence-electron chi connectivity index (χ3n) is 5.61. The van der Waals surface area contributed by atoms with Crippen LogP contribution in [0.3, 0.4) is 0 Å². The Morgan fingerprint density at radius 3 is 2.45 bits per heavy atom. The van der Waals surface area contributed by atoms with Gasteiger partial charge in [-0.15, -0.1) is 0 Å². The van der Waals surface area contributed by atoms with Crippen molar-refractivity contribution in [2.75, 3.05) is 43.1 Å². The lowest BCUT2D eigenvalue weighted by Gasteiger charge is -2.37. The van der Waals surface area contributed by atoms with E-state index in [1.54, 1.807) is 31.4 Å². The van der Waals surface area contributed by atoms with E-state index < -0.39 is 5.91 Å². The van der Waals surface area contributed by atoms with Gasteiger partial charge in [0.05, 0.1) is 12.8 Å². The van der Waals surface area contributed by atoms with Crippen LogP contribution in [0.2, 0.25) is 0 Å². The Kier molecular flexibility index (Phi) is 6.87. The predicted molar refractivity (Wildman–Crippen MR) is 124 cm³/mol. The number of rotatable bonds is 7. The first-order chi connectivity index (χ1) is 16.0. The van der Waals surface area contributed by atoms with Crippen LogP contribution in [0.5, 0.6) is 5.75 Å². The lowest BCUT2D eigenvalue weighted by Crippen LogP contribution is -2.47. The molecule has 0 unspecified atom stereocenters. The molecule has 2 aromatic carbocycles. The van der Waals surface area contributed by atoms with Gasteiger partial charge in [0.25, 0.3) is 5.56 Å². The summed E-state index contributed by atoms with van der Waals surface area (Å²) >= 11 is 0. The zero-order chi connectivity index (χ0) is 23.2. The van der Waals surface area contributed by atoms with E-state index in [1.807, 2.05) is 24.3 Å². The van der Waals surface area contributed by atoms with Crippen molar-refractivity contribution in [3.05, 3.63) is 82.4 Å². The fraction of sp³-hybridized carbons (Fsp3) is 0.292. The summed E-state index contributed by atoms with van der Waals surface area (Å²) in [5.74, 6) is 0.670. The number of nitrogens with one attached hydrogen (secondary N) is 1. The van der Waals surface area contributed by atoms with Crippen molar-refractivity contribution in [2.45, 2.75) is 13.1 Å². The predicted octanol–water partition coefficient (Wildman–Crippen LogP) is 2.03. The molecule has 3 aromatic rings. The Morgan fingerprint density at radius 1 is 1.00 bits per heavy atom. The van der Waals surface area contributed by atoms with Crippen molar-refractivity contribution in [3.63, 3.8) is 0 Å². The second kappa shape index (κ2) is 10.2. The maximum absolute atomic E-state index is 13.7. The van der Waals surface area contributed by atoms with Crippen LogP contribution in [0.4, 0.5) is 15.9 Å². The zero-order valence-electron chi connectivity index (χ0n) is 18.4. The van der Waals surface area contributed by atoms with Crippen molar-refractivity contribution in [1.82, 2.24) is 15.1 Å². The summed E-state index contributed by atoms with van der Waals surface area (Å²) in [5, 5.41) is 7.03. The molecule has 1 aliphatic rings. The molecule has 172 valence electrons. The monoisotopic (exact) mass is 451 g/mol. The third-order valence-corrected chi connectivity index (χ3v) is 5.61. The molecule has 0 atom stereocenters. The normalized spacial score (nSPS) is 13.6.